The van der Waals surface area contributed by atoms with Crippen LogP contribution in [0.2, 0.25) is 0 Å². The maximum absolute atomic E-state index is 13.4. The van der Waals surface area contributed by atoms with Crippen LogP contribution in [0.25, 0.3) is 11.5 Å². The first-order valence-electron chi connectivity index (χ1n) is 10.6. The minimum Gasteiger partial charge on any atom is -0.419 e. The summed E-state index contributed by atoms with van der Waals surface area (Å²) in [7, 11) is 0. The van der Waals surface area contributed by atoms with Crippen LogP contribution in [0.5, 0.6) is 0 Å². The lowest BCUT2D eigenvalue weighted by atomic mass is 9.82. The molecule has 1 aliphatic heterocycles. The molecule has 2 N–H and O–H groups in total. The maximum atomic E-state index is 13.4. The Balaban J connectivity index is 0.00000124. The van der Waals surface area contributed by atoms with Crippen molar-refractivity contribution < 1.29 is 18.0 Å². The molecule has 0 aromatic carbocycles. The highest BCUT2D eigenvalue weighted by Gasteiger charge is 2.42. The molecule has 2 fully saturated rings. The van der Waals surface area contributed by atoms with E-state index < -0.39 is 11.3 Å². The van der Waals surface area contributed by atoms with Crippen molar-refractivity contribution in [2.24, 2.45) is 0 Å². The molecule has 2 aromatic rings. The Bertz CT molecular complexity index is 863. The van der Waals surface area contributed by atoms with Gasteiger partial charge in [-0.15, -0.1) is 10.2 Å². The Morgan fingerprint density at radius 2 is 1.93 bits per heavy atom. The van der Waals surface area contributed by atoms with Crippen molar-refractivity contribution in [3.05, 3.63) is 24.2 Å². The summed E-state index contributed by atoms with van der Waals surface area (Å²) in [5.74, 6) is -1.66. The fourth-order valence-corrected chi connectivity index (χ4v) is 3.78. The van der Waals surface area contributed by atoms with Crippen molar-refractivity contribution in [3.63, 3.8) is 0 Å². The lowest BCUT2D eigenvalue weighted by Crippen LogP contribution is -2.47. The van der Waals surface area contributed by atoms with Gasteiger partial charge < -0.3 is 15.1 Å². The van der Waals surface area contributed by atoms with Crippen LogP contribution in [0.4, 0.5) is 14.6 Å². The Hall–Kier alpha value is -2.58. The van der Waals surface area contributed by atoms with E-state index in [4.69, 9.17) is 4.42 Å². The molecule has 7 nitrogen and oxygen atoms in total. The van der Waals surface area contributed by atoms with Crippen LogP contribution in [0.15, 0.2) is 22.7 Å². The van der Waals surface area contributed by atoms with Crippen molar-refractivity contribution in [1.29, 1.82) is 0 Å². The molecule has 2 aromatic heterocycles. The molecule has 2 aliphatic rings. The molecule has 0 spiro atoms. The largest absolute Gasteiger partial charge is 0.419 e. The van der Waals surface area contributed by atoms with Gasteiger partial charge >= 0.3 is 0 Å². The predicted octanol–water partition coefficient (Wildman–Crippen LogP) is 4.32. The molecule has 9 heteroatoms. The first kappa shape index (κ1) is 22.1. The van der Waals surface area contributed by atoms with Crippen LogP contribution >= 0.6 is 0 Å². The molecule has 4 rings (SSSR count). The SMILES string of the molecule is CC.CC1(c2nnc(-c3cccnc3NC3CCC(F)(F)CC3)o2)CCCNC1=O. The number of amides is 1. The fourth-order valence-electron chi connectivity index (χ4n) is 3.78. The molecule has 0 bridgehead atoms. The van der Waals surface area contributed by atoms with E-state index in [0.717, 1.165) is 6.42 Å². The number of nitrogens with one attached hydrogen (secondary N) is 2. The number of alkyl halides is 2. The average Bonchev–Trinajstić information content (AvgIpc) is 3.25. The van der Waals surface area contributed by atoms with Gasteiger partial charge in [0.05, 0.1) is 5.56 Å². The summed E-state index contributed by atoms with van der Waals surface area (Å²) in [6.07, 6.45) is 3.57. The number of nitrogens with zero attached hydrogens (tertiary/aromatic N) is 3. The van der Waals surface area contributed by atoms with Gasteiger partial charge in [0.1, 0.15) is 11.2 Å². The van der Waals surface area contributed by atoms with Gasteiger partial charge in [-0.2, -0.15) is 0 Å². The van der Waals surface area contributed by atoms with E-state index in [1.165, 1.54) is 0 Å². The molecule has 0 radical (unpaired) electrons. The fraction of sp³-hybridized carbons (Fsp3) is 0.619. The van der Waals surface area contributed by atoms with Crippen LogP contribution in [0, 0.1) is 0 Å². The Labute approximate surface area is 175 Å². The standard InChI is InChI=1S/C19H23F2N5O2.C2H6/c1-18(7-3-11-23-16(18)27)17-26-25-15(28-17)13-4-2-10-22-14(13)24-12-5-8-19(20,21)9-6-12;1-2/h2,4,10,12H,3,5-9,11H2,1H3,(H,22,24)(H,23,27);1-2H3. The zero-order valence-corrected chi connectivity index (χ0v) is 17.7. The number of halogens is 2. The summed E-state index contributed by atoms with van der Waals surface area (Å²) in [5.41, 5.74) is -0.257. The summed E-state index contributed by atoms with van der Waals surface area (Å²) in [6, 6.07) is 3.44. The van der Waals surface area contributed by atoms with Crippen LogP contribution in [-0.2, 0) is 10.2 Å². The Morgan fingerprint density at radius 3 is 2.63 bits per heavy atom. The van der Waals surface area contributed by atoms with Gasteiger partial charge in [0, 0.05) is 31.6 Å². The Morgan fingerprint density at radius 1 is 1.20 bits per heavy atom. The summed E-state index contributed by atoms with van der Waals surface area (Å²) < 4.78 is 32.7. The first-order chi connectivity index (χ1) is 14.4. The topological polar surface area (TPSA) is 92.9 Å². The molecule has 3 heterocycles. The number of anilines is 1. The van der Waals surface area contributed by atoms with E-state index in [0.29, 0.717) is 37.2 Å². The Kier molecular flexibility index (Phi) is 6.67. The highest BCUT2D eigenvalue weighted by atomic mass is 19.3. The monoisotopic (exact) mass is 421 g/mol. The second-order valence-electron chi connectivity index (χ2n) is 7.78. The third-order valence-corrected chi connectivity index (χ3v) is 5.63. The van der Waals surface area contributed by atoms with E-state index in [2.05, 4.69) is 25.8 Å². The normalized spacial score (nSPS) is 23.8. The summed E-state index contributed by atoms with van der Waals surface area (Å²) in [4.78, 5) is 16.7. The first-order valence-corrected chi connectivity index (χ1v) is 10.6. The summed E-state index contributed by atoms with van der Waals surface area (Å²) in [5, 5.41) is 14.3. The summed E-state index contributed by atoms with van der Waals surface area (Å²) in [6.45, 7) is 6.44. The molecule has 1 unspecified atom stereocenters. The number of carbonyl (C=O) groups is 1. The van der Waals surface area contributed by atoms with Crippen molar-refractivity contribution in [2.75, 3.05) is 11.9 Å². The molecule has 1 atom stereocenters. The van der Waals surface area contributed by atoms with E-state index in [9.17, 15) is 13.6 Å². The highest BCUT2D eigenvalue weighted by Crippen LogP contribution is 2.36. The minimum absolute atomic E-state index is 0.0858. The minimum atomic E-state index is -2.58. The van der Waals surface area contributed by atoms with Gasteiger partial charge in [-0.05, 0) is 44.7 Å². The van der Waals surface area contributed by atoms with E-state index >= 15 is 0 Å². The predicted molar refractivity (Wildman–Crippen MR) is 109 cm³/mol. The van der Waals surface area contributed by atoms with E-state index in [-0.39, 0.29) is 36.6 Å². The lowest BCUT2D eigenvalue weighted by molar-refractivity contribution is -0.128. The number of hydrogen-bond donors (Lipinski definition) is 2. The molecule has 164 valence electrons. The second kappa shape index (κ2) is 9.06. The zero-order valence-electron chi connectivity index (χ0n) is 17.7. The average molecular weight is 421 g/mol. The number of piperidine rings is 1. The molecule has 1 amide bonds. The third-order valence-electron chi connectivity index (χ3n) is 5.63. The van der Waals surface area contributed by atoms with E-state index in [1.54, 1.807) is 25.3 Å². The van der Waals surface area contributed by atoms with Crippen LogP contribution in [0.1, 0.15) is 65.2 Å². The van der Waals surface area contributed by atoms with Gasteiger partial charge in [0.25, 0.3) is 5.89 Å². The van der Waals surface area contributed by atoms with Gasteiger partial charge in [-0.3, -0.25) is 4.79 Å². The number of carbonyl (C=O) groups excluding carboxylic acids is 1. The van der Waals surface area contributed by atoms with E-state index in [1.807, 2.05) is 13.8 Å². The number of rotatable bonds is 4. The van der Waals surface area contributed by atoms with Gasteiger partial charge in [0.15, 0.2) is 0 Å². The van der Waals surface area contributed by atoms with Gasteiger partial charge in [-0.1, -0.05) is 13.8 Å². The number of pyridine rings is 1. The van der Waals surface area contributed by atoms with Gasteiger partial charge in [-0.25, -0.2) is 13.8 Å². The van der Waals surface area contributed by atoms with Crippen molar-refractivity contribution in [2.45, 2.75) is 76.7 Å². The smallest absolute Gasteiger partial charge is 0.251 e. The quantitative estimate of drug-likeness (QED) is 0.764. The molecule has 1 saturated carbocycles. The molecular weight excluding hydrogens is 392 g/mol. The molecule has 1 aliphatic carbocycles. The number of hydrogen-bond acceptors (Lipinski definition) is 6. The van der Waals surface area contributed by atoms with Crippen LogP contribution in [-0.4, -0.2) is 39.6 Å². The zero-order chi connectivity index (χ0) is 21.8. The molecule has 30 heavy (non-hydrogen) atoms. The maximum Gasteiger partial charge on any atom is 0.251 e. The van der Waals surface area contributed by atoms with Crippen molar-refractivity contribution >= 4 is 11.7 Å². The van der Waals surface area contributed by atoms with Crippen LogP contribution < -0.4 is 10.6 Å². The second-order valence-corrected chi connectivity index (χ2v) is 7.78. The van der Waals surface area contributed by atoms with Crippen molar-refractivity contribution in [1.82, 2.24) is 20.5 Å². The number of aromatic nitrogens is 3. The summed E-state index contributed by atoms with van der Waals surface area (Å²) >= 11 is 0. The van der Waals surface area contributed by atoms with Crippen LogP contribution in [0.3, 0.4) is 0 Å². The highest BCUT2D eigenvalue weighted by molar-refractivity contribution is 5.87. The third kappa shape index (κ3) is 4.60. The van der Waals surface area contributed by atoms with Gasteiger partial charge in [0.2, 0.25) is 17.7 Å². The molecular formula is C21H29F2N5O2. The molecule has 1 saturated heterocycles. The lowest BCUT2D eigenvalue weighted by Gasteiger charge is -2.29. The van der Waals surface area contributed by atoms with Crippen molar-refractivity contribution in [3.8, 4) is 11.5 Å².